The van der Waals surface area contributed by atoms with E-state index in [0.717, 1.165) is 4.31 Å². The molecule has 0 saturated carbocycles. The Morgan fingerprint density at radius 2 is 2.00 bits per heavy atom. The van der Waals surface area contributed by atoms with Gasteiger partial charge in [0.25, 0.3) is 0 Å². The van der Waals surface area contributed by atoms with Gasteiger partial charge in [0.1, 0.15) is 4.90 Å². The molecule has 1 N–H and O–H groups in total. The summed E-state index contributed by atoms with van der Waals surface area (Å²) in [5.74, 6) is 2.28. The number of terminal acetylenes is 1. The van der Waals surface area contributed by atoms with Crippen LogP contribution in [-0.4, -0.2) is 30.9 Å². The van der Waals surface area contributed by atoms with Crippen LogP contribution in [0.2, 0.25) is 10.0 Å². The van der Waals surface area contributed by atoms with E-state index in [1.165, 1.54) is 12.1 Å². The number of aliphatic hydroxyl groups excluding tert-OH is 1. The third-order valence-electron chi connectivity index (χ3n) is 2.51. The SMILES string of the molecule is C#CCN(CC)S(=O)(=O)c1cc(CO)c(Cl)cc1Cl. The highest BCUT2D eigenvalue weighted by Crippen LogP contribution is 2.30. The smallest absolute Gasteiger partial charge is 0.245 e. The highest BCUT2D eigenvalue weighted by Gasteiger charge is 2.26. The van der Waals surface area contributed by atoms with E-state index in [9.17, 15) is 8.42 Å². The molecule has 1 rings (SSSR count). The van der Waals surface area contributed by atoms with E-state index in [2.05, 4.69) is 5.92 Å². The molecule has 0 bridgehead atoms. The molecule has 0 saturated heterocycles. The van der Waals surface area contributed by atoms with Gasteiger partial charge in [-0.05, 0) is 17.7 Å². The lowest BCUT2D eigenvalue weighted by Gasteiger charge is -2.19. The number of sulfonamides is 1. The topological polar surface area (TPSA) is 57.6 Å². The van der Waals surface area contributed by atoms with Gasteiger partial charge in [-0.15, -0.1) is 6.42 Å². The van der Waals surface area contributed by atoms with Gasteiger partial charge in [0.2, 0.25) is 10.0 Å². The van der Waals surface area contributed by atoms with Gasteiger partial charge >= 0.3 is 0 Å². The Labute approximate surface area is 123 Å². The molecule has 0 spiro atoms. The number of nitrogens with zero attached hydrogens (tertiary/aromatic N) is 1. The second-order valence-corrected chi connectivity index (χ2v) is 6.39. The van der Waals surface area contributed by atoms with Crippen LogP contribution in [-0.2, 0) is 16.6 Å². The van der Waals surface area contributed by atoms with Crippen LogP contribution in [0.3, 0.4) is 0 Å². The normalized spacial score (nSPS) is 11.6. The van der Waals surface area contributed by atoms with E-state index in [-0.39, 0.29) is 34.6 Å². The van der Waals surface area contributed by atoms with Crippen LogP contribution in [0.4, 0.5) is 0 Å². The quantitative estimate of drug-likeness (QED) is 0.845. The molecule has 19 heavy (non-hydrogen) atoms. The van der Waals surface area contributed by atoms with Crippen molar-refractivity contribution >= 4 is 33.2 Å². The van der Waals surface area contributed by atoms with Gasteiger partial charge < -0.3 is 5.11 Å². The minimum absolute atomic E-state index is 0.00216. The van der Waals surface area contributed by atoms with Crippen molar-refractivity contribution in [2.75, 3.05) is 13.1 Å². The lowest BCUT2D eigenvalue weighted by molar-refractivity contribution is 0.281. The molecule has 0 aliphatic rings. The molecule has 0 fully saturated rings. The van der Waals surface area contributed by atoms with Crippen molar-refractivity contribution < 1.29 is 13.5 Å². The van der Waals surface area contributed by atoms with Gasteiger partial charge in [0, 0.05) is 11.6 Å². The summed E-state index contributed by atoms with van der Waals surface area (Å²) in [6, 6.07) is 2.56. The zero-order valence-corrected chi connectivity index (χ0v) is 12.6. The molecule has 1 aromatic carbocycles. The first-order chi connectivity index (χ1) is 8.88. The zero-order valence-electron chi connectivity index (χ0n) is 10.2. The maximum Gasteiger partial charge on any atom is 0.245 e. The van der Waals surface area contributed by atoms with Crippen molar-refractivity contribution in [1.82, 2.24) is 4.31 Å². The Hall–Kier alpha value is -0.770. The molecule has 0 amide bonds. The fourth-order valence-electron chi connectivity index (χ4n) is 1.50. The maximum absolute atomic E-state index is 12.4. The zero-order chi connectivity index (χ0) is 14.6. The number of hydrogen-bond donors (Lipinski definition) is 1. The predicted octanol–water partition coefficient (Wildman–Crippen LogP) is 2.13. The Balaban J connectivity index is 3.40. The summed E-state index contributed by atoms with van der Waals surface area (Å²) >= 11 is 11.8. The molecule has 7 heteroatoms. The lowest BCUT2D eigenvalue weighted by atomic mass is 10.2. The van der Waals surface area contributed by atoms with Crippen LogP contribution in [0.25, 0.3) is 0 Å². The largest absolute Gasteiger partial charge is 0.392 e. The summed E-state index contributed by atoms with van der Waals surface area (Å²) in [4.78, 5) is -0.111. The van der Waals surface area contributed by atoms with Gasteiger partial charge in [-0.25, -0.2) is 8.42 Å². The highest BCUT2D eigenvalue weighted by molar-refractivity contribution is 7.89. The second kappa shape index (κ2) is 6.60. The van der Waals surface area contributed by atoms with Crippen LogP contribution in [0, 0.1) is 12.3 Å². The van der Waals surface area contributed by atoms with Crippen molar-refractivity contribution in [1.29, 1.82) is 0 Å². The summed E-state index contributed by atoms with van der Waals surface area (Å²) in [5.41, 5.74) is 0.293. The molecular weight excluding hydrogens is 309 g/mol. The van der Waals surface area contributed by atoms with Crippen molar-refractivity contribution in [3.63, 3.8) is 0 Å². The Bertz CT molecular complexity index is 608. The Kier molecular flexibility index (Phi) is 5.65. The third-order valence-corrected chi connectivity index (χ3v) is 5.25. The van der Waals surface area contributed by atoms with Crippen LogP contribution < -0.4 is 0 Å². The lowest BCUT2D eigenvalue weighted by Crippen LogP contribution is -2.31. The van der Waals surface area contributed by atoms with Crippen LogP contribution in [0.1, 0.15) is 12.5 Å². The van der Waals surface area contributed by atoms with Crippen molar-refractivity contribution in [2.24, 2.45) is 0 Å². The minimum Gasteiger partial charge on any atom is -0.392 e. The number of benzene rings is 1. The summed E-state index contributed by atoms with van der Waals surface area (Å²) in [6.45, 7) is 1.47. The Morgan fingerprint density at radius 1 is 1.37 bits per heavy atom. The van der Waals surface area contributed by atoms with Crippen LogP contribution in [0.5, 0.6) is 0 Å². The molecule has 0 aliphatic carbocycles. The van der Waals surface area contributed by atoms with Crippen molar-refractivity contribution in [3.8, 4) is 12.3 Å². The highest BCUT2D eigenvalue weighted by atomic mass is 35.5. The van der Waals surface area contributed by atoms with E-state index in [1.54, 1.807) is 6.92 Å². The van der Waals surface area contributed by atoms with Gasteiger partial charge in [0.05, 0.1) is 18.2 Å². The number of aliphatic hydroxyl groups is 1. The number of halogens is 2. The number of rotatable bonds is 5. The van der Waals surface area contributed by atoms with E-state index in [1.807, 2.05) is 0 Å². The van der Waals surface area contributed by atoms with Crippen molar-refractivity contribution in [3.05, 3.63) is 27.7 Å². The molecule has 0 unspecified atom stereocenters. The van der Waals surface area contributed by atoms with Gasteiger partial charge in [-0.1, -0.05) is 36.0 Å². The van der Waals surface area contributed by atoms with E-state index in [4.69, 9.17) is 34.7 Å². The van der Waals surface area contributed by atoms with Crippen molar-refractivity contribution in [2.45, 2.75) is 18.4 Å². The second-order valence-electron chi connectivity index (χ2n) is 3.67. The fourth-order valence-corrected chi connectivity index (χ4v) is 3.69. The maximum atomic E-state index is 12.4. The van der Waals surface area contributed by atoms with Gasteiger partial charge in [-0.2, -0.15) is 4.31 Å². The standard InChI is InChI=1S/C12H13Cl2NO3S/c1-3-5-15(4-2)19(17,18)12-6-9(8-16)10(13)7-11(12)14/h1,6-7,16H,4-5,8H2,2H3. The molecule has 104 valence electrons. The first kappa shape index (κ1) is 16.3. The summed E-state index contributed by atoms with van der Waals surface area (Å²) in [6.07, 6.45) is 5.15. The third kappa shape index (κ3) is 3.41. The van der Waals surface area contributed by atoms with E-state index < -0.39 is 10.0 Å². The molecule has 0 aliphatic heterocycles. The number of hydrogen-bond acceptors (Lipinski definition) is 3. The molecule has 0 atom stereocenters. The Morgan fingerprint density at radius 3 is 2.47 bits per heavy atom. The first-order valence-corrected chi connectivity index (χ1v) is 7.60. The average molecular weight is 322 g/mol. The predicted molar refractivity (Wildman–Crippen MR) is 75.7 cm³/mol. The molecule has 0 heterocycles. The van der Waals surface area contributed by atoms with Gasteiger partial charge in [0.15, 0.2) is 0 Å². The molecular formula is C12H13Cl2NO3S. The minimum atomic E-state index is -3.80. The molecule has 0 radical (unpaired) electrons. The molecule has 4 nitrogen and oxygen atoms in total. The average Bonchev–Trinajstić information content (AvgIpc) is 2.35. The van der Waals surface area contributed by atoms with E-state index >= 15 is 0 Å². The van der Waals surface area contributed by atoms with Gasteiger partial charge in [-0.3, -0.25) is 0 Å². The molecule has 1 aromatic rings. The summed E-state index contributed by atoms with van der Waals surface area (Å²) < 4.78 is 25.9. The first-order valence-electron chi connectivity index (χ1n) is 5.40. The monoisotopic (exact) mass is 321 g/mol. The summed E-state index contributed by atoms with van der Waals surface area (Å²) in [7, 11) is -3.80. The van der Waals surface area contributed by atoms with Crippen LogP contribution >= 0.6 is 23.2 Å². The fraction of sp³-hybridized carbons (Fsp3) is 0.333. The molecule has 0 aromatic heterocycles. The van der Waals surface area contributed by atoms with Crippen LogP contribution in [0.15, 0.2) is 17.0 Å². The summed E-state index contributed by atoms with van der Waals surface area (Å²) in [5, 5.41) is 9.34. The van der Waals surface area contributed by atoms with E-state index in [0.29, 0.717) is 5.56 Å².